The second-order valence-corrected chi connectivity index (χ2v) is 5.53. The summed E-state index contributed by atoms with van der Waals surface area (Å²) >= 11 is 7.46. The summed E-state index contributed by atoms with van der Waals surface area (Å²) in [6, 6.07) is 5.28. The van der Waals surface area contributed by atoms with Gasteiger partial charge in [0, 0.05) is 17.1 Å². The number of benzene rings is 1. The summed E-state index contributed by atoms with van der Waals surface area (Å²) in [4.78, 5) is 12.5. The monoisotopic (exact) mass is 272 g/mol. The van der Waals surface area contributed by atoms with Crippen molar-refractivity contribution in [2.24, 2.45) is 0 Å². The van der Waals surface area contributed by atoms with Crippen LogP contribution >= 0.6 is 23.4 Å². The number of halogens is 1. The van der Waals surface area contributed by atoms with Gasteiger partial charge in [0.05, 0.1) is 10.3 Å². The van der Waals surface area contributed by atoms with Gasteiger partial charge in [0.15, 0.2) is 0 Å². The molecule has 0 saturated heterocycles. The number of nitrogen functional groups attached to an aromatic ring is 1. The van der Waals surface area contributed by atoms with Crippen LogP contribution in [0.3, 0.4) is 0 Å². The minimum absolute atomic E-state index is 0.0235. The van der Waals surface area contributed by atoms with E-state index in [-0.39, 0.29) is 11.2 Å². The van der Waals surface area contributed by atoms with Gasteiger partial charge in [-0.2, -0.15) is 0 Å². The first-order valence-electron chi connectivity index (χ1n) is 5.54. The van der Waals surface area contributed by atoms with Crippen LogP contribution in [-0.4, -0.2) is 17.7 Å². The lowest BCUT2D eigenvalue weighted by molar-refractivity contribution is -0.120. The van der Waals surface area contributed by atoms with E-state index in [1.165, 1.54) is 11.8 Å². The molecule has 0 heterocycles. The van der Waals surface area contributed by atoms with E-state index in [0.717, 1.165) is 11.3 Å². The number of nitrogens with one attached hydrogen (secondary N) is 1. The van der Waals surface area contributed by atoms with Crippen molar-refractivity contribution in [3.05, 3.63) is 23.2 Å². The highest BCUT2D eigenvalue weighted by Crippen LogP contribution is 2.31. The van der Waals surface area contributed by atoms with Crippen LogP contribution in [0.2, 0.25) is 5.02 Å². The van der Waals surface area contributed by atoms with Crippen LogP contribution < -0.4 is 11.1 Å². The van der Waals surface area contributed by atoms with E-state index in [2.05, 4.69) is 5.32 Å². The third-order valence-electron chi connectivity index (χ3n) is 2.18. The van der Waals surface area contributed by atoms with Crippen molar-refractivity contribution in [1.82, 2.24) is 5.32 Å². The first-order valence-corrected chi connectivity index (χ1v) is 6.79. The predicted molar refractivity (Wildman–Crippen MR) is 74.5 cm³/mol. The molecule has 1 unspecified atom stereocenters. The zero-order valence-electron chi connectivity index (χ0n) is 10.00. The third kappa shape index (κ3) is 4.48. The average molecular weight is 273 g/mol. The van der Waals surface area contributed by atoms with Crippen molar-refractivity contribution in [3.8, 4) is 0 Å². The quantitative estimate of drug-likeness (QED) is 0.640. The van der Waals surface area contributed by atoms with E-state index in [1.807, 2.05) is 13.8 Å². The lowest BCUT2D eigenvalue weighted by atomic mass is 10.3. The summed E-state index contributed by atoms with van der Waals surface area (Å²) in [7, 11) is 0. The Labute approximate surface area is 111 Å². The minimum atomic E-state index is -0.180. The smallest absolute Gasteiger partial charge is 0.233 e. The van der Waals surface area contributed by atoms with Gasteiger partial charge in [-0.05, 0) is 31.5 Å². The van der Waals surface area contributed by atoms with Gasteiger partial charge in [0.2, 0.25) is 5.91 Å². The molecule has 1 rings (SSSR count). The van der Waals surface area contributed by atoms with Crippen LogP contribution in [0.15, 0.2) is 23.1 Å². The Bertz CT molecular complexity index is 398. The fourth-order valence-corrected chi connectivity index (χ4v) is 2.45. The molecular formula is C12H17ClN2OS. The molecule has 0 aliphatic carbocycles. The van der Waals surface area contributed by atoms with Gasteiger partial charge in [-0.15, -0.1) is 11.8 Å². The summed E-state index contributed by atoms with van der Waals surface area (Å²) in [6.07, 6.45) is 0.933. The maximum Gasteiger partial charge on any atom is 0.233 e. The molecule has 3 N–H and O–H groups in total. The largest absolute Gasteiger partial charge is 0.399 e. The molecule has 0 aromatic heterocycles. The van der Waals surface area contributed by atoms with Gasteiger partial charge in [-0.3, -0.25) is 4.79 Å². The molecule has 94 valence electrons. The topological polar surface area (TPSA) is 55.1 Å². The number of carbonyl (C=O) groups excluding carboxylic acids is 1. The molecule has 0 bridgehead atoms. The number of hydrogen-bond donors (Lipinski definition) is 2. The third-order valence-corrected chi connectivity index (χ3v) is 3.78. The summed E-state index contributed by atoms with van der Waals surface area (Å²) < 4.78 is 0. The first kappa shape index (κ1) is 14.2. The molecule has 0 aliphatic heterocycles. The summed E-state index contributed by atoms with van der Waals surface area (Å²) in [5.74, 6) is 0.0235. The van der Waals surface area contributed by atoms with E-state index in [9.17, 15) is 4.79 Å². The number of thioether (sulfide) groups is 1. The maximum absolute atomic E-state index is 11.7. The molecule has 5 heteroatoms. The first-order chi connectivity index (χ1) is 8.04. The lowest BCUT2D eigenvalue weighted by Gasteiger charge is -2.12. The molecule has 1 atom stereocenters. The number of anilines is 1. The van der Waals surface area contributed by atoms with E-state index in [1.54, 1.807) is 18.2 Å². The van der Waals surface area contributed by atoms with Crippen molar-refractivity contribution < 1.29 is 4.79 Å². The van der Waals surface area contributed by atoms with Crippen LogP contribution in [0.5, 0.6) is 0 Å². The maximum atomic E-state index is 11.7. The molecule has 0 spiro atoms. The van der Waals surface area contributed by atoms with Crippen molar-refractivity contribution in [1.29, 1.82) is 0 Å². The molecule has 1 aromatic rings. The highest BCUT2D eigenvalue weighted by atomic mass is 35.5. The standard InChI is InChI=1S/C12H17ClN2OS/c1-3-6-15-12(16)8(2)17-11-7-9(14)4-5-10(11)13/h4-5,7-8H,3,6,14H2,1-2H3,(H,15,16). The lowest BCUT2D eigenvalue weighted by Crippen LogP contribution is -2.31. The van der Waals surface area contributed by atoms with E-state index >= 15 is 0 Å². The fraction of sp³-hybridized carbons (Fsp3) is 0.417. The molecule has 17 heavy (non-hydrogen) atoms. The Morgan fingerprint density at radius 3 is 2.94 bits per heavy atom. The van der Waals surface area contributed by atoms with Gasteiger partial charge >= 0.3 is 0 Å². The second kappa shape index (κ2) is 6.77. The fourth-order valence-electron chi connectivity index (χ4n) is 1.25. The number of nitrogens with two attached hydrogens (primary N) is 1. The van der Waals surface area contributed by atoms with Gasteiger partial charge in [0.1, 0.15) is 0 Å². The molecule has 1 aromatic carbocycles. The normalized spacial score (nSPS) is 12.2. The van der Waals surface area contributed by atoms with Crippen LogP contribution in [0.4, 0.5) is 5.69 Å². The Balaban J connectivity index is 2.64. The zero-order valence-corrected chi connectivity index (χ0v) is 11.6. The van der Waals surface area contributed by atoms with E-state index in [4.69, 9.17) is 17.3 Å². The summed E-state index contributed by atoms with van der Waals surface area (Å²) in [6.45, 7) is 4.58. The number of carbonyl (C=O) groups is 1. The van der Waals surface area contributed by atoms with E-state index in [0.29, 0.717) is 17.3 Å². The molecular weight excluding hydrogens is 256 g/mol. The molecule has 0 saturated carbocycles. The molecule has 3 nitrogen and oxygen atoms in total. The average Bonchev–Trinajstić information content (AvgIpc) is 2.30. The minimum Gasteiger partial charge on any atom is -0.399 e. The Hall–Kier alpha value is -0.870. The molecule has 0 fully saturated rings. The predicted octanol–water partition coefficient (Wildman–Crippen LogP) is 2.93. The highest BCUT2D eigenvalue weighted by Gasteiger charge is 2.15. The van der Waals surface area contributed by atoms with Crippen LogP contribution in [0, 0.1) is 0 Å². The summed E-state index contributed by atoms with van der Waals surface area (Å²) in [5.41, 5.74) is 6.34. The van der Waals surface area contributed by atoms with E-state index < -0.39 is 0 Å². The van der Waals surface area contributed by atoms with Crippen molar-refractivity contribution in [2.75, 3.05) is 12.3 Å². The molecule has 0 aliphatic rings. The number of amides is 1. The second-order valence-electron chi connectivity index (χ2n) is 3.74. The van der Waals surface area contributed by atoms with Gasteiger partial charge in [-0.25, -0.2) is 0 Å². The van der Waals surface area contributed by atoms with Crippen molar-refractivity contribution >= 4 is 35.0 Å². The van der Waals surface area contributed by atoms with Crippen LogP contribution in [0.1, 0.15) is 20.3 Å². The van der Waals surface area contributed by atoms with Crippen LogP contribution in [0.25, 0.3) is 0 Å². The SMILES string of the molecule is CCCNC(=O)C(C)Sc1cc(N)ccc1Cl. The Morgan fingerprint density at radius 2 is 2.29 bits per heavy atom. The van der Waals surface area contributed by atoms with Gasteiger partial charge in [0.25, 0.3) is 0 Å². The van der Waals surface area contributed by atoms with Crippen molar-refractivity contribution in [3.63, 3.8) is 0 Å². The molecule has 1 amide bonds. The zero-order chi connectivity index (χ0) is 12.8. The number of hydrogen-bond acceptors (Lipinski definition) is 3. The Kier molecular flexibility index (Phi) is 5.65. The summed E-state index contributed by atoms with van der Waals surface area (Å²) in [5, 5.41) is 3.30. The van der Waals surface area contributed by atoms with Crippen molar-refractivity contribution in [2.45, 2.75) is 30.4 Å². The van der Waals surface area contributed by atoms with Gasteiger partial charge < -0.3 is 11.1 Å². The van der Waals surface area contributed by atoms with Gasteiger partial charge in [-0.1, -0.05) is 18.5 Å². The Morgan fingerprint density at radius 1 is 1.59 bits per heavy atom. The number of rotatable bonds is 5. The highest BCUT2D eigenvalue weighted by molar-refractivity contribution is 8.00. The van der Waals surface area contributed by atoms with Crippen LogP contribution in [-0.2, 0) is 4.79 Å². The molecule has 0 radical (unpaired) electrons.